The summed E-state index contributed by atoms with van der Waals surface area (Å²) in [6.45, 7) is 5.28. The molecule has 1 aliphatic heterocycles. The van der Waals surface area contributed by atoms with Crippen LogP contribution in [0.25, 0.3) is 11.5 Å². The van der Waals surface area contributed by atoms with Gasteiger partial charge >= 0.3 is 0 Å². The summed E-state index contributed by atoms with van der Waals surface area (Å²) in [7, 11) is 0. The van der Waals surface area contributed by atoms with Crippen LogP contribution in [0.3, 0.4) is 0 Å². The Morgan fingerprint density at radius 3 is 2.50 bits per heavy atom. The minimum Gasteiger partial charge on any atom is -0.348 e. The van der Waals surface area contributed by atoms with Crippen LogP contribution in [0.2, 0.25) is 0 Å². The van der Waals surface area contributed by atoms with Crippen molar-refractivity contribution in [2.75, 3.05) is 13.1 Å². The van der Waals surface area contributed by atoms with Gasteiger partial charge in [0.05, 0.1) is 12.4 Å². The number of nitrogens with zero attached hydrogens (tertiary/aromatic N) is 4. The van der Waals surface area contributed by atoms with Gasteiger partial charge < -0.3 is 9.55 Å². The molecule has 5 nitrogen and oxygen atoms in total. The van der Waals surface area contributed by atoms with E-state index in [9.17, 15) is 0 Å². The van der Waals surface area contributed by atoms with Gasteiger partial charge in [0.1, 0.15) is 5.69 Å². The van der Waals surface area contributed by atoms with Gasteiger partial charge in [-0.25, -0.2) is 9.97 Å². The number of benzene rings is 1. The standard InChI is InChI=1S/C21H27N5/c1-17-20(24-16-23-17)21-22-11-14-26(21)15-19(18-9-5-4-6-10-18)25-12-7-2-3-8-13-25/h4-6,9-11,14,16,19H,2-3,7-8,12-13,15H2,1H3,(H,23,24)/t19-/m0/s1. The van der Waals surface area contributed by atoms with E-state index in [1.807, 2.05) is 13.1 Å². The zero-order chi connectivity index (χ0) is 17.8. The molecule has 1 N–H and O–H groups in total. The molecule has 3 heterocycles. The molecular formula is C21H27N5. The Kier molecular flexibility index (Phi) is 5.16. The van der Waals surface area contributed by atoms with Crippen LogP contribution in [0.1, 0.15) is 43.0 Å². The van der Waals surface area contributed by atoms with Gasteiger partial charge in [-0.2, -0.15) is 0 Å². The second-order valence-electron chi connectivity index (χ2n) is 7.16. The van der Waals surface area contributed by atoms with Crippen LogP contribution in [-0.2, 0) is 6.54 Å². The summed E-state index contributed by atoms with van der Waals surface area (Å²) in [6.07, 6.45) is 11.0. The molecule has 0 amide bonds. The number of aromatic nitrogens is 4. The summed E-state index contributed by atoms with van der Waals surface area (Å²) in [6, 6.07) is 11.3. The quantitative estimate of drug-likeness (QED) is 0.751. The van der Waals surface area contributed by atoms with Crippen molar-refractivity contribution in [1.82, 2.24) is 24.4 Å². The summed E-state index contributed by atoms with van der Waals surface area (Å²) < 4.78 is 2.26. The lowest BCUT2D eigenvalue weighted by Crippen LogP contribution is -2.32. The SMILES string of the molecule is Cc1[nH]cnc1-c1nccn1C[C@@H](c1ccccc1)N1CCCCCC1. The molecule has 0 unspecified atom stereocenters. The van der Waals surface area contributed by atoms with Gasteiger partial charge in [0.25, 0.3) is 0 Å². The van der Waals surface area contributed by atoms with E-state index >= 15 is 0 Å². The smallest absolute Gasteiger partial charge is 0.160 e. The van der Waals surface area contributed by atoms with E-state index in [1.54, 1.807) is 6.33 Å². The maximum atomic E-state index is 4.59. The fraction of sp³-hybridized carbons (Fsp3) is 0.429. The lowest BCUT2D eigenvalue weighted by atomic mass is 10.0. The third kappa shape index (κ3) is 3.58. The molecule has 1 saturated heterocycles. The van der Waals surface area contributed by atoms with Crippen LogP contribution in [0.15, 0.2) is 49.1 Å². The molecule has 5 heteroatoms. The van der Waals surface area contributed by atoms with E-state index in [0.29, 0.717) is 6.04 Å². The number of nitrogens with one attached hydrogen (secondary N) is 1. The molecule has 26 heavy (non-hydrogen) atoms. The van der Waals surface area contributed by atoms with Crippen molar-refractivity contribution in [3.05, 3.63) is 60.3 Å². The zero-order valence-electron chi connectivity index (χ0n) is 15.4. The Hall–Kier alpha value is -2.40. The summed E-state index contributed by atoms with van der Waals surface area (Å²) in [5.41, 5.74) is 3.38. The van der Waals surface area contributed by atoms with Crippen molar-refractivity contribution >= 4 is 0 Å². The van der Waals surface area contributed by atoms with E-state index in [2.05, 4.69) is 60.9 Å². The van der Waals surface area contributed by atoms with Crippen molar-refractivity contribution in [2.24, 2.45) is 0 Å². The van der Waals surface area contributed by atoms with E-state index in [-0.39, 0.29) is 0 Å². The molecule has 4 rings (SSSR count). The van der Waals surface area contributed by atoms with Crippen LogP contribution in [0.4, 0.5) is 0 Å². The second-order valence-corrected chi connectivity index (χ2v) is 7.16. The average molecular weight is 349 g/mol. The number of imidazole rings is 2. The molecule has 3 aromatic rings. The summed E-state index contributed by atoms with van der Waals surface area (Å²) >= 11 is 0. The summed E-state index contributed by atoms with van der Waals surface area (Å²) in [4.78, 5) is 14.9. The monoisotopic (exact) mass is 349 g/mol. The minimum absolute atomic E-state index is 0.362. The van der Waals surface area contributed by atoms with Crippen LogP contribution in [0, 0.1) is 6.92 Å². The largest absolute Gasteiger partial charge is 0.348 e. The normalized spacial score (nSPS) is 17.1. The fourth-order valence-electron chi connectivity index (χ4n) is 3.96. The van der Waals surface area contributed by atoms with Crippen LogP contribution in [-0.4, -0.2) is 37.5 Å². The molecule has 0 bridgehead atoms. The molecule has 1 aromatic carbocycles. The first-order valence-electron chi connectivity index (χ1n) is 9.63. The Bertz CT molecular complexity index is 812. The number of rotatable bonds is 5. The van der Waals surface area contributed by atoms with Crippen molar-refractivity contribution < 1.29 is 0 Å². The molecule has 1 atom stereocenters. The van der Waals surface area contributed by atoms with E-state index in [0.717, 1.165) is 23.8 Å². The third-order valence-corrected chi connectivity index (χ3v) is 5.39. The summed E-state index contributed by atoms with van der Waals surface area (Å²) in [5, 5.41) is 0. The highest BCUT2D eigenvalue weighted by Gasteiger charge is 2.23. The van der Waals surface area contributed by atoms with E-state index < -0.39 is 0 Å². The highest BCUT2D eigenvalue weighted by molar-refractivity contribution is 5.52. The first kappa shape index (κ1) is 17.0. The molecule has 136 valence electrons. The van der Waals surface area contributed by atoms with Gasteiger partial charge in [-0.1, -0.05) is 43.2 Å². The lowest BCUT2D eigenvalue weighted by Gasteiger charge is -2.31. The van der Waals surface area contributed by atoms with Crippen molar-refractivity contribution in [3.8, 4) is 11.5 Å². The van der Waals surface area contributed by atoms with Crippen LogP contribution >= 0.6 is 0 Å². The number of likely N-dealkylation sites (tertiary alicyclic amines) is 1. The topological polar surface area (TPSA) is 49.7 Å². The molecule has 0 saturated carbocycles. The van der Waals surface area contributed by atoms with Gasteiger partial charge in [0, 0.05) is 24.6 Å². The first-order chi connectivity index (χ1) is 12.8. The molecule has 2 aromatic heterocycles. The van der Waals surface area contributed by atoms with Gasteiger partial charge in [0.15, 0.2) is 5.82 Å². The molecule has 0 radical (unpaired) electrons. The van der Waals surface area contributed by atoms with Gasteiger partial charge in [0.2, 0.25) is 0 Å². The number of hydrogen-bond donors (Lipinski definition) is 1. The number of hydrogen-bond acceptors (Lipinski definition) is 3. The molecule has 1 fully saturated rings. The van der Waals surface area contributed by atoms with Crippen LogP contribution in [0.5, 0.6) is 0 Å². The number of aromatic amines is 1. The minimum atomic E-state index is 0.362. The summed E-state index contributed by atoms with van der Waals surface area (Å²) in [5.74, 6) is 0.944. The third-order valence-electron chi connectivity index (χ3n) is 5.39. The second kappa shape index (κ2) is 7.87. The number of H-pyrrole nitrogens is 1. The van der Waals surface area contributed by atoms with Crippen molar-refractivity contribution in [3.63, 3.8) is 0 Å². The maximum Gasteiger partial charge on any atom is 0.160 e. The molecule has 0 aliphatic carbocycles. The van der Waals surface area contributed by atoms with Gasteiger partial charge in [-0.05, 0) is 38.4 Å². The Morgan fingerprint density at radius 1 is 1.04 bits per heavy atom. The average Bonchev–Trinajstić information content (AvgIpc) is 3.20. The highest BCUT2D eigenvalue weighted by Crippen LogP contribution is 2.28. The van der Waals surface area contributed by atoms with Crippen molar-refractivity contribution in [1.29, 1.82) is 0 Å². The number of aryl methyl sites for hydroxylation is 1. The molecule has 1 aliphatic rings. The molecular weight excluding hydrogens is 322 g/mol. The maximum absolute atomic E-state index is 4.59. The first-order valence-corrected chi connectivity index (χ1v) is 9.63. The fourth-order valence-corrected chi connectivity index (χ4v) is 3.96. The van der Waals surface area contributed by atoms with Crippen LogP contribution < -0.4 is 0 Å². The highest BCUT2D eigenvalue weighted by atomic mass is 15.2. The lowest BCUT2D eigenvalue weighted by molar-refractivity contribution is 0.186. The Morgan fingerprint density at radius 2 is 1.81 bits per heavy atom. The molecule has 0 spiro atoms. The van der Waals surface area contributed by atoms with Gasteiger partial charge in [-0.15, -0.1) is 0 Å². The van der Waals surface area contributed by atoms with Crippen molar-refractivity contribution in [2.45, 2.75) is 45.2 Å². The van der Waals surface area contributed by atoms with E-state index in [1.165, 1.54) is 44.3 Å². The predicted molar refractivity (Wildman–Crippen MR) is 104 cm³/mol. The predicted octanol–water partition coefficient (Wildman–Crippen LogP) is 4.20. The Labute approximate surface area is 155 Å². The zero-order valence-corrected chi connectivity index (χ0v) is 15.4. The Balaban J connectivity index is 1.65. The van der Waals surface area contributed by atoms with E-state index in [4.69, 9.17) is 0 Å². The van der Waals surface area contributed by atoms with Gasteiger partial charge in [-0.3, -0.25) is 4.90 Å².